The zero-order chi connectivity index (χ0) is 14.0. The van der Waals surface area contributed by atoms with Gasteiger partial charge in [-0.15, -0.1) is 10.2 Å². The van der Waals surface area contributed by atoms with Crippen LogP contribution in [0.25, 0.3) is 0 Å². The van der Waals surface area contributed by atoms with E-state index < -0.39 is 0 Å². The van der Waals surface area contributed by atoms with E-state index in [1.165, 1.54) is 12.8 Å². The summed E-state index contributed by atoms with van der Waals surface area (Å²) in [4.78, 5) is 14.3. The van der Waals surface area contributed by atoms with Crippen molar-refractivity contribution >= 4 is 5.91 Å². The Morgan fingerprint density at radius 2 is 2.25 bits per heavy atom. The van der Waals surface area contributed by atoms with Gasteiger partial charge in [0.1, 0.15) is 12.2 Å². The van der Waals surface area contributed by atoms with Crippen LogP contribution in [-0.4, -0.2) is 50.9 Å². The van der Waals surface area contributed by atoms with Crippen LogP contribution < -0.4 is 0 Å². The fourth-order valence-electron chi connectivity index (χ4n) is 3.29. The van der Waals surface area contributed by atoms with Gasteiger partial charge < -0.3 is 14.2 Å². The van der Waals surface area contributed by atoms with Crippen molar-refractivity contribution in [3.63, 3.8) is 0 Å². The van der Waals surface area contributed by atoms with Crippen LogP contribution in [0.15, 0.2) is 6.33 Å². The highest BCUT2D eigenvalue weighted by molar-refractivity contribution is 5.76. The zero-order valence-electron chi connectivity index (χ0n) is 12.0. The van der Waals surface area contributed by atoms with Crippen molar-refractivity contribution in [2.75, 3.05) is 19.7 Å². The first-order chi connectivity index (χ1) is 9.69. The van der Waals surface area contributed by atoms with Crippen LogP contribution in [0, 0.1) is 0 Å². The number of morpholine rings is 1. The fourth-order valence-corrected chi connectivity index (χ4v) is 3.29. The van der Waals surface area contributed by atoms with E-state index in [2.05, 4.69) is 10.2 Å². The van der Waals surface area contributed by atoms with Crippen molar-refractivity contribution in [2.45, 2.75) is 44.1 Å². The maximum Gasteiger partial charge on any atom is 0.223 e. The molecule has 1 saturated carbocycles. The molecule has 0 N–H and O–H groups in total. The van der Waals surface area contributed by atoms with E-state index in [1.807, 2.05) is 16.5 Å². The maximum atomic E-state index is 12.4. The first-order valence-corrected chi connectivity index (χ1v) is 7.43. The van der Waals surface area contributed by atoms with Gasteiger partial charge in [-0.25, -0.2) is 0 Å². The van der Waals surface area contributed by atoms with E-state index in [9.17, 15) is 4.79 Å². The van der Waals surface area contributed by atoms with Crippen LogP contribution in [0.3, 0.4) is 0 Å². The van der Waals surface area contributed by atoms with Gasteiger partial charge >= 0.3 is 0 Å². The molecule has 1 amide bonds. The third kappa shape index (κ3) is 2.70. The molecule has 3 rings (SSSR count). The molecule has 110 valence electrons. The molecule has 0 bridgehead atoms. The lowest BCUT2D eigenvalue weighted by atomic mass is 9.99. The third-order valence-electron chi connectivity index (χ3n) is 4.48. The molecule has 2 fully saturated rings. The minimum atomic E-state index is -0.0430. The van der Waals surface area contributed by atoms with E-state index in [0.717, 1.165) is 31.8 Å². The number of amides is 1. The summed E-state index contributed by atoms with van der Waals surface area (Å²) in [6.45, 7) is 2.17. The van der Waals surface area contributed by atoms with Crippen LogP contribution in [0.2, 0.25) is 0 Å². The number of ether oxygens (including phenoxy) is 1. The van der Waals surface area contributed by atoms with Gasteiger partial charge in [0.25, 0.3) is 0 Å². The number of carbonyl (C=O) groups is 1. The summed E-state index contributed by atoms with van der Waals surface area (Å²) in [5.74, 6) is 1.07. The maximum absolute atomic E-state index is 12.4. The van der Waals surface area contributed by atoms with Gasteiger partial charge in [-0.1, -0.05) is 12.8 Å². The summed E-state index contributed by atoms with van der Waals surface area (Å²) in [6, 6.07) is 0. The van der Waals surface area contributed by atoms with E-state index in [4.69, 9.17) is 4.74 Å². The standard InChI is InChI=1S/C14H22N4O2/c1-17-11-15-16-12(17)4-5-13(19)18-8-9-20-14(10-18)6-2-3-7-14/h11H,2-10H2,1H3. The summed E-state index contributed by atoms with van der Waals surface area (Å²) < 4.78 is 7.82. The first kappa shape index (κ1) is 13.5. The Morgan fingerprint density at radius 3 is 2.95 bits per heavy atom. The summed E-state index contributed by atoms with van der Waals surface area (Å²) in [5, 5.41) is 7.86. The highest BCUT2D eigenvalue weighted by atomic mass is 16.5. The number of hydrogen-bond donors (Lipinski definition) is 0. The summed E-state index contributed by atoms with van der Waals surface area (Å²) in [6.07, 6.45) is 7.46. The second-order valence-corrected chi connectivity index (χ2v) is 5.91. The van der Waals surface area contributed by atoms with Crippen molar-refractivity contribution in [1.29, 1.82) is 0 Å². The second-order valence-electron chi connectivity index (χ2n) is 5.91. The molecule has 2 aliphatic rings. The summed E-state index contributed by atoms with van der Waals surface area (Å²) >= 11 is 0. The van der Waals surface area contributed by atoms with Gasteiger partial charge in [-0.05, 0) is 12.8 Å². The van der Waals surface area contributed by atoms with Crippen LogP contribution in [0.1, 0.15) is 37.9 Å². The minimum absolute atomic E-state index is 0.0430. The molecule has 6 heteroatoms. The number of hydrogen-bond acceptors (Lipinski definition) is 4. The SMILES string of the molecule is Cn1cnnc1CCC(=O)N1CCOC2(CCCC2)C1. The average molecular weight is 278 g/mol. The Labute approximate surface area is 119 Å². The van der Waals surface area contributed by atoms with E-state index in [0.29, 0.717) is 19.4 Å². The molecule has 0 aromatic carbocycles. The van der Waals surface area contributed by atoms with Gasteiger partial charge in [-0.3, -0.25) is 4.79 Å². The van der Waals surface area contributed by atoms with Crippen molar-refractivity contribution in [3.8, 4) is 0 Å². The fraction of sp³-hybridized carbons (Fsp3) is 0.786. The van der Waals surface area contributed by atoms with Crippen LogP contribution in [0.5, 0.6) is 0 Å². The molecule has 1 saturated heterocycles. The third-order valence-corrected chi connectivity index (χ3v) is 4.48. The normalized spacial score (nSPS) is 21.6. The van der Waals surface area contributed by atoms with Gasteiger partial charge in [0.2, 0.25) is 5.91 Å². The monoisotopic (exact) mass is 278 g/mol. The smallest absolute Gasteiger partial charge is 0.223 e. The molecule has 6 nitrogen and oxygen atoms in total. The number of aryl methyl sites for hydroxylation is 2. The average Bonchev–Trinajstić information content (AvgIpc) is 3.06. The lowest BCUT2D eigenvalue weighted by Gasteiger charge is -2.40. The topological polar surface area (TPSA) is 60.2 Å². The second kappa shape index (κ2) is 5.52. The van der Waals surface area contributed by atoms with Gasteiger partial charge in [0.15, 0.2) is 0 Å². The number of aromatic nitrogens is 3. The Hall–Kier alpha value is -1.43. The molecule has 0 atom stereocenters. The van der Waals surface area contributed by atoms with Gasteiger partial charge in [-0.2, -0.15) is 0 Å². The minimum Gasteiger partial charge on any atom is -0.371 e. The van der Waals surface area contributed by atoms with Crippen molar-refractivity contribution < 1.29 is 9.53 Å². The number of rotatable bonds is 3. The molecule has 20 heavy (non-hydrogen) atoms. The lowest BCUT2D eigenvalue weighted by molar-refractivity contribution is -0.149. The molecule has 1 aliphatic carbocycles. The van der Waals surface area contributed by atoms with Gasteiger partial charge in [0, 0.05) is 33.0 Å². The highest BCUT2D eigenvalue weighted by Gasteiger charge is 2.40. The summed E-state index contributed by atoms with van der Waals surface area (Å²) in [7, 11) is 1.90. The Morgan fingerprint density at radius 1 is 1.45 bits per heavy atom. The Balaban J connectivity index is 1.55. The zero-order valence-corrected chi connectivity index (χ0v) is 12.0. The van der Waals surface area contributed by atoms with Crippen LogP contribution in [0.4, 0.5) is 0 Å². The molecule has 0 unspecified atom stereocenters. The first-order valence-electron chi connectivity index (χ1n) is 7.43. The molecule has 2 heterocycles. The quantitative estimate of drug-likeness (QED) is 0.825. The van der Waals surface area contributed by atoms with E-state index in [1.54, 1.807) is 6.33 Å². The predicted octanol–water partition coefficient (Wildman–Crippen LogP) is 0.919. The Kier molecular flexibility index (Phi) is 3.74. The van der Waals surface area contributed by atoms with Crippen LogP contribution >= 0.6 is 0 Å². The largest absolute Gasteiger partial charge is 0.371 e. The number of nitrogens with zero attached hydrogens (tertiary/aromatic N) is 4. The molecule has 0 radical (unpaired) electrons. The molecule has 1 aromatic heterocycles. The summed E-state index contributed by atoms with van der Waals surface area (Å²) in [5.41, 5.74) is -0.0430. The van der Waals surface area contributed by atoms with Crippen molar-refractivity contribution in [3.05, 3.63) is 12.2 Å². The molecular formula is C14H22N4O2. The number of carbonyl (C=O) groups excluding carboxylic acids is 1. The highest BCUT2D eigenvalue weighted by Crippen LogP contribution is 2.35. The molecule has 1 aromatic rings. The molecule has 1 aliphatic heterocycles. The van der Waals surface area contributed by atoms with E-state index in [-0.39, 0.29) is 11.5 Å². The lowest BCUT2D eigenvalue weighted by Crippen LogP contribution is -2.52. The Bertz CT molecular complexity index is 479. The van der Waals surface area contributed by atoms with Crippen molar-refractivity contribution in [1.82, 2.24) is 19.7 Å². The van der Waals surface area contributed by atoms with Crippen molar-refractivity contribution in [2.24, 2.45) is 7.05 Å². The van der Waals surface area contributed by atoms with E-state index >= 15 is 0 Å². The van der Waals surface area contributed by atoms with Crippen LogP contribution in [-0.2, 0) is 23.0 Å². The van der Waals surface area contributed by atoms with Gasteiger partial charge in [0.05, 0.1) is 12.2 Å². The predicted molar refractivity (Wildman–Crippen MR) is 73.1 cm³/mol. The molecular weight excluding hydrogens is 256 g/mol. The molecule has 1 spiro atoms.